The SMILES string of the molecule is CCOc1ccc(Cl)cc1/C=C/C(=O)OC. The standard InChI is InChI=1S/C12H13ClO3/c1-3-16-11-6-5-10(13)8-9(11)4-7-12(14)15-2/h4-8H,3H2,1-2H3/b7-4+. The predicted octanol–water partition coefficient (Wildman–Crippen LogP) is 2.92. The molecule has 1 aromatic carbocycles. The summed E-state index contributed by atoms with van der Waals surface area (Å²) in [5.41, 5.74) is 0.750. The quantitative estimate of drug-likeness (QED) is 0.600. The Morgan fingerprint density at radius 2 is 2.25 bits per heavy atom. The van der Waals surface area contributed by atoms with Gasteiger partial charge >= 0.3 is 5.97 Å². The monoisotopic (exact) mass is 240 g/mol. The van der Waals surface area contributed by atoms with Gasteiger partial charge < -0.3 is 9.47 Å². The Labute approximate surface area is 99.6 Å². The van der Waals surface area contributed by atoms with Crippen LogP contribution in [0.4, 0.5) is 0 Å². The number of ether oxygens (including phenoxy) is 2. The molecule has 86 valence electrons. The number of hydrogen-bond donors (Lipinski definition) is 0. The van der Waals surface area contributed by atoms with E-state index in [1.807, 2.05) is 6.92 Å². The fourth-order valence-electron chi connectivity index (χ4n) is 1.16. The summed E-state index contributed by atoms with van der Waals surface area (Å²) in [6.45, 7) is 2.45. The molecule has 0 aromatic heterocycles. The Morgan fingerprint density at radius 3 is 2.88 bits per heavy atom. The lowest BCUT2D eigenvalue weighted by atomic mass is 10.2. The molecule has 0 fully saturated rings. The highest BCUT2D eigenvalue weighted by Gasteiger charge is 2.02. The largest absolute Gasteiger partial charge is 0.493 e. The molecular weight excluding hydrogens is 228 g/mol. The highest BCUT2D eigenvalue weighted by Crippen LogP contribution is 2.24. The van der Waals surface area contributed by atoms with Gasteiger partial charge in [-0.3, -0.25) is 0 Å². The van der Waals surface area contributed by atoms with Crippen LogP contribution in [-0.4, -0.2) is 19.7 Å². The predicted molar refractivity (Wildman–Crippen MR) is 63.7 cm³/mol. The van der Waals surface area contributed by atoms with Gasteiger partial charge in [0.1, 0.15) is 5.75 Å². The summed E-state index contributed by atoms with van der Waals surface area (Å²) in [6, 6.07) is 5.23. The second kappa shape index (κ2) is 6.18. The molecule has 0 N–H and O–H groups in total. The molecule has 0 spiro atoms. The molecule has 16 heavy (non-hydrogen) atoms. The van der Waals surface area contributed by atoms with Gasteiger partial charge in [-0.05, 0) is 31.2 Å². The van der Waals surface area contributed by atoms with Gasteiger partial charge in [-0.2, -0.15) is 0 Å². The molecule has 3 nitrogen and oxygen atoms in total. The first kappa shape index (κ1) is 12.6. The zero-order valence-electron chi connectivity index (χ0n) is 9.20. The van der Waals surface area contributed by atoms with Crippen LogP contribution in [0.2, 0.25) is 5.02 Å². The van der Waals surface area contributed by atoms with E-state index in [9.17, 15) is 4.79 Å². The first-order valence-electron chi connectivity index (χ1n) is 4.85. The summed E-state index contributed by atoms with van der Waals surface area (Å²) < 4.78 is 9.90. The summed E-state index contributed by atoms with van der Waals surface area (Å²) >= 11 is 5.86. The van der Waals surface area contributed by atoms with Crippen molar-refractivity contribution in [1.82, 2.24) is 0 Å². The van der Waals surface area contributed by atoms with E-state index in [1.54, 1.807) is 24.3 Å². The number of carbonyl (C=O) groups excluding carboxylic acids is 1. The first-order chi connectivity index (χ1) is 7.67. The number of hydrogen-bond acceptors (Lipinski definition) is 3. The van der Waals surface area contributed by atoms with Crippen LogP contribution in [0.5, 0.6) is 5.75 Å². The van der Waals surface area contributed by atoms with Crippen molar-refractivity contribution in [3.05, 3.63) is 34.9 Å². The second-order valence-corrected chi connectivity index (χ2v) is 3.41. The average molecular weight is 241 g/mol. The van der Waals surface area contributed by atoms with Gasteiger partial charge in [0.15, 0.2) is 0 Å². The van der Waals surface area contributed by atoms with E-state index >= 15 is 0 Å². The van der Waals surface area contributed by atoms with Gasteiger partial charge in [0, 0.05) is 16.7 Å². The van der Waals surface area contributed by atoms with E-state index in [0.717, 1.165) is 5.56 Å². The van der Waals surface area contributed by atoms with E-state index in [4.69, 9.17) is 16.3 Å². The minimum Gasteiger partial charge on any atom is -0.493 e. The lowest BCUT2D eigenvalue weighted by Gasteiger charge is -2.07. The van der Waals surface area contributed by atoms with Gasteiger partial charge in [-0.15, -0.1) is 0 Å². The van der Waals surface area contributed by atoms with Crippen molar-refractivity contribution in [1.29, 1.82) is 0 Å². The number of carbonyl (C=O) groups is 1. The van der Waals surface area contributed by atoms with Crippen molar-refractivity contribution < 1.29 is 14.3 Å². The lowest BCUT2D eigenvalue weighted by molar-refractivity contribution is -0.134. The van der Waals surface area contributed by atoms with Crippen molar-refractivity contribution in [3.63, 3.8) is 0 Å². The normalized spacial score (nSPS) is 10.4. The Kier molecular flexibility index (Phi) is 4.86. The molecule has 0 amide bonds. The van der Waals surface area contributed by atoms with Gasteiger partial charge in [0.25, 0.3) is 0 Å². The average Bonchev–Trinajstić information content (AvgIpc) is 2.29. The molecule has 0 aliphatic rings. The molecule has 0 saturated heterocycles. The Balaban J connectivity index is 2.95. The number of methoxy groups -OCH3 is 1. The maximum Gasteiger partial charge on any atom is 0.330 e. The fraction of sp³-hybridized carbons (Fsp3) is 0.250. The van der Waals surface area contributed by atoms with Crippen LogP contribution >= 0.6 is 11.6 Å². The highest BCUT2D eigenvalue weighted by atomic mass is 35.5. The Bertz CT molecular complexity index is 399. The van der Waals surface area contributed by atoms with Gasteiger partial charge in [0.05, 0.1) is 13.7 Å². The van der Waals surface area contributed by atoms with E-state index in [-0.39, 0.29) is 0 Å². The molecule has 0 aliphatic carbocycles. The number of benzene rings is 1. The van der Waals surface area contributed by atoms with E-state index in [1.165, 1.54) is 13.2 Å². The summed E-state index contributed by atoms with van der Waals surface area (Å²) in [7, 11) is 1.33. The van der Waals surface area contributed by atoms with Crippen molar-refractivity contribution >= 4 is 23.6 Å². The molecule has 0 saturated carbocycles. The molecule has 1 rings (SSSR count). The first-order valence-corrected chi connectivity index (χ1v) is 5.23. The molecule has 0 radical (unpaired) electrons. The van der Waals surface area contributed by atoms with Crippen molar-refractivity contribution in [2.45, 2.75) is 6.92 Å². The van der Waals surface area contributed by atoms with Gasteiger partial charge in [-0.1, -0.05) is 11.6 Å². The maximum absolute atomic E-state index is 11.0. The third kappa shape index (κ3) is 3.59. The molecule has 1 aromatic rings. The summed E-state index contributed by atoms with van der Waals surface area (Å²) in [5.74, 6) is 0.273. The van der Waals surface area contributed by atoms with Crippen LogP contribution in [0.15, 0.2) is 24.3 Å². The molecular formula is C12H13ClO3. The minimum absolute atomic E-state index is 0.414. The molecule has 4 heteroatoms. The van der Waals surface area contributed by atoms with Crippen LogP contribution in [0, 0.1) is 0 Å². The van der Waals surface area contributed by atoms with Crippen LogP contribution in [0.1, 0.15) is 12.5 Å². The smallest absolute Gasteiger partial charge is 0.330 e. The number of halogens is 1. The molecule has 0 aliphatic heterocycles. The van der Waals surface area contributed by atoms with E-state index in [2.05, 4.69) is 4.74 Å². The molecule has 0 atom stereocenters. The number of esters is 1. The summed E-state index contributed by atoms with van der Waals surface area (Å²) in [6.07, 6.45) is 2.94. The van der Waals surface area contributed by atoms with E-state index < -0.39 is 5.97 Å². The summed E-state index contributed by atoms with van der Waals surface area (Å²) in [5, 5.41) is 0.591. The van der Waals surface area contributed by atoms with Crippen LogP contribution in [0.25, 0.3) is 6.08 Å². The second-order valence-electron chi connectivity index (χ2n) is 2.97. The highest BCUT2D eigenvalue weighted by molar-refractivity contribution is 6.30. The van der Waals surface area contributed by atoms with Gasteiger partial charge in [0.2, 0.25) is 0 Å². The minimum atomic E-state index is -0.414. The van der Waals surface area contributed by atoms with Crippen molar-refractivity contribution in [2.24, 2.45) is 0 Å². The third-order valence-electron chi connectivity index (χ3n) is 1.87. The van der Waals surface area contributed by atoms with Crippen LogP contribution in [-0.2, 0) is 9.53 Å². The van der Waals surface area contributed by atoms with Crippen LogP contribution < -0.4 is 4.74 Å². The fourth-order valence-corrected chi connectivity index (χ4v) is 1.34. The van der Waals surface area contributed by atoms with Crippen molar-refractivity contribution in [3.8, 4) is 5.75 Å². The third-order valence-corrected chi connectivity index (χ3v) is 2.11. The van der Waals surface area contributed by atoms with E-state index in [0.29, 0.717) is 17.4 Å². The lowest BCUT2D eigenvalue weighted by Crippen LogP contribution is -1.96. The van der Waals surface area contributed by atoms with Crippen LogP contribution in [0.3, 0.4) is 0 Å². The van der Waals surface area contributed by atoms with Gasteiger partial charge in [-0.25, -0.2) is 4.79 Å². The number of rotatable bonds is 4. The van der Waals surface area contributed by atoms with Crippen molar-refractivity contribution in [2.75, 3.05) is 13.7 Å². The zero-order valence-corrected chi connectivity index (χ0v) is 9.95. The molecule has 0 unspecified atom stereocenters. The zero-order chi connectivity index (χ0) is 12.0. The Morgan fingerprint density at radius 1 is 1.50 bits per heavy atom. The summed E-state index contributed by atoms with van der Waals surface area (Å²) in [4.78, 5) is 11.0. The maximum atomic E-state index is 11.0. The Hall–Kier alpha value is -1.48. The molecule has 0 heterocycles. The topological polar surface area (TPSA) is 35.5 Å². The molecule has 0 bridgehead atoms.